The highest BCUT2D eigenvalue weighted by atomic mass is 32.2. The molecule has 1 fully saturated rings. The van der Waals surface area contributed by atoms with Crippen LogP contribution in [0.2, 0.25) is 0 Å². The Morgan fingerprint density at radius 2 is 2.03 bits per heavy atom. The van der Waals surface area contributed by atoms with Gasteiger partial charge in [0.05, 0.1) is 12.0 Å². The molecule has 1 saturated heterocycles. The summed E-state index contributed by atoms with van der Waals surface area (Å²) in [7, 11) is 1.27. The van der Waals surface area contributed by atoms with Crippen molar-refractivity contribution >= 4 is 40.3 Å². The fourth-order valence-corrected chi connectivity index (χ4v) is 3.91. The third-order valence-corrected chi connectivity index (χ3v) is 5.39. The predicted molar refractivity (Wildman–Crippen MR) is 99.7 cm³/mol. The standard InChI is InChI=1S/C17H14N4O8S/c1-8(29-17(24)28-7-9-3-5-10(6-4-9)21(25)26)11-13(27-2)14(19-18)30-16-12(22)15(23)20(11)16/h3-6,8,16H,7H2,1-2H3/t8-,16-/m1/s1. The van der Waals surface area contributed by atoms with E-state index in [2.05, 4.69) is 4.79 Å². The largest absolute Gasteiger partial charge is 0.509 e. The minimum atomic E-state index is -1.08. The van der Waals surface area contributed by atoms with Gasteiger partial charge in [-0.05, 0) is 36.4 Å². The van der Waals surface area contributed by atoms with Gasteiger partial charge >= 0.3 is 11.2 Å². The van der Waals surface area contributed by atoms with Gasteiger partial charge in [0.25, 0.3) is 17.4 Å². The second kappa shape index (κ2) is 8.35. The number of carbonyl (C=O) groups excluding carboxylic acids is 3. The van der Waals surface area contributed by atoms with E-state index in [1.54, 1.807) is 0 Å². The fourth-order valence-electron chi connectivity index (χ4n) is 2.83. The van der Waals surface area contributed by atoms with Crippen molar-refractivity contribution in [3.05, 3.63) is 56.9 Å². The summed E-state index contributed by atoms with van der Waals surface area (Å²) < 4.78 is 15.3. The molecule has 0 N–H and O–H groups in total. The highest BCUT2D eigenvalue weighted by Gasteiger charge is 2.57. The van der Waals surface area contributed by atoms with E-state index in [-0.39, 0.29) is 28.8 Å². The molecule has 0 bridgehead atoms. The van der Waals surface area contributed by atoms with Crippen molar-refractivity contribution in [2.45, 2.75) is 25.0 Å². The van der Waals surface area contributed by atoms with Gasteiger partial charge < -0.3 is 19.7 Å². The maximum atomic E-state index is 12.1. The van der Waals surface area contributed by atoms with Crippen LogP contribution in [0, 0.1) is 10.1 Å². The molecule has 1 amide bonds. The summed E-state index contributed by atoms with van der Waals surface area (Å²) in [6.45, 7) is 1.22. The number of methoxy groups -OCH3 is 1. The average Bonchev–Trinajstić information content (AvgIpc) is 2.75. The number of fused-ring (bicyclic) bond motifs is 1. The first-order chi connectivity index (χ1) is 14.3. The molecule has 3 rings (SSSR count). The first kappa shape index (κ1) is 21.0. The molecule has 0 spiro atoms. The Kier molecular flexibility index (Phi) is 5.85. The molecule has 12 nitrogen and oxygen atoms in total. The third-order valence-electron chi connectivity index (χ3n) is 4.25. The van der Waals surface area contributed by atoms with Crippen LogP contribution in [0.5, 0.6) is 0 Å². The second-order valence-electron chi connectivity index (χ2n) is 6.06. The number of nitrogens with zero attached hydrogens (tertiary/aromatic N) is 4. The lowest BCUT2D eigenvalue weighted by atomic mass is 10.1. The number of Topliss-reactive ketones (excluding diaryl/α,β-unsaturated/α-hetero) is 1. The number of nitro benzene ring substituents is 1. The molecule has 0 unspecified atom stereocenters. The Labute approximate surface area is 173 Å². The normalized spacial score (nSPS) is 18.8. The second-order valence-corrected chi connectivity index (χ2v) is 7.12. The van der Waals surface area contributed by atoms with Crippen LogP contribution in [0.1, 0.15) is 12.5 Å². The molecule has 2 atom stereocenters. The number of ether oxygens (including phenoxy) is 3. The van der Waals surface area contributed by atoms with Gasteiger partial charge in [-0.3, -0.25) is 24.6 Å². The molecule has 2 aliphatic rings. The quantitative estimate of drug-likeness (QED) is 0.123. The Morgan fingerprint density at radius 1 is 1.37 bits per heavy atom. The van der Waals surface area contributed by atoms with Crippen molar-refractivity contribution in [3.63, 3.8) is 0 Å². The molecule has 2 heterocycles. The molecular weight excluding hydrogens is 420 g/mol. The van der Waals surface area contributed by atoms with Gasteiger partial charge in [-0.2, -0.15) is 4.79 Å². The monoisotopic (exact) mass is 434 g/mol. The number of thioether (sulfide) groups is 1. The van der Waals surface area contributed by atoms with Crippen LogP contribution < -0.4 is 0 Å². The summed E-state index contributed by atoms with van der Waals surface area (Å²) in [6.07, 6.45) is -2.16. The minimum absolute atomic E-state index is 0.0183. The molecule has 1 aromatic carbocycles. The zero-order valence-electron chi connectivity index (χ0n) is 15.6. The maximum Gasteiger partial charge on any atom is 0.509 e. The van der Waals surface area contributed by atoms with Crippen molar-refractivity contribution in [2.24, 2.45) is 0 Å². The van der Waals surface area contributed by atoms with E-state index < -0.39 is 34.2 Å². The number of hydrogen-bond donors (Lipinski definition) is 0. The van der Waals surface area contributed by atoms with Crippen LogP contribution in [0.3, 0.4) is 0 Å². The van der Waals surface area contributed by atoms with Crippen LogP contribution in [-0.2, 0) is 30.4 Å². The Hall–Kier alpha value is -3.70. The minimum Gasteiger partial charge on any atom is -0.488 e. The number of ketones is 1. The van der Waals surface area contributed by atoms with Crippen LogP contribution in [-0.4, -0.2) is 56.1 Å². The molecule has 0 aliphatic carbocycles. The van der Waals surface area contributed by atoms with Crippen molar-refractivity contribution in [1.82, 2.24) is 4.90 Å². The summed E-state index contributed by atoms with van der Waals surface area (Å²) in [5.41, 5.74) is 9.62. The van der Waals surface area contributed by atoms with E-state index in [4.69, 9.17) is 14.2 Å². The summed E-state index contributed by atoms with van der Waals surface area (Å²) in [5.74, 6) is -1.50. The maximum absolute atomic E-state index is 12.1. The van der Waals surface area contributed by atoms with Crippen LogP contribution in [0.15, 0.2) is 35.7 Å². The molecule has 0 aromatic heterocycles. The average molecular weight is 434 g/mol. The first-order valence-corrected chi connectivity index (χ1v) is 9.27. The molecule has 13 heteroatoms. The summed E-state index contributed by atoms with van der Waals surface area (Å²) in [6, 6.07) is 5.39. The highest BCUT2D eigenvalue weighted by Crippen LogP contribution is 2.40. The number of β-lactam (4-membered cyclic amide) rings is 1. The molecule has 156 valence electrons. The SMILES string of the molecule is COC1=C([C@@H](C)OC(=O)OCc2ccc([N+](=O)[O-])cc2)N2C(=O)C(=O)[C@H]2SC1=[N+]=[N-]. The van der Waals surface area contributed by atoms with Crippen molar-refractivity contribution < 1.29 is 38.3 Å². The number of non-ortho nitro benzene ring substituents is 1. The van der Waals surface area contributed by atoms with E-state index in [9.17, 15) is 30.0 Å². The van der Waals surface area contributed by atoms with E-state index in [0.29, 0.717) is 5.56 Å². The van der Waals surface area contributed by atoms with Crippen LogP contribution in [0.4, 0.5) is 10.5 Å². The summed E-state index contributed by atoms with van der Waals surface area (Å²) >= 11 is 0.830. The highest BCUT2D eigenvalue weighted by molar-refractivity contribution is 8.15. The lowest BCUT2D eigenvalue weighted by Crippen LogP contribution is -2.63. The smallest absolute Gasteiger partial charge is 0.488 e. The number of carbonyl (C=O) groups is 3. The summed E-state index contributed by atoms with van der Waals surface area (Å²) in [4.78, 5) is 50.1. The van der Waals surface area contributed by atoms with Gasteiger partial charge in [-0.25, -0.2) is 4.79 Å². The van der Waals surface area contributed by atoms with Crippen molar-refractivity contribution in [3.8, 4) is 0 Å². The number of amides is 1. The molecule has 30 heavy (non-hydrogen) atoms. The molecular formula is C17H14N4O8S. The molecule has 0 saturated carbocycles. The van der Waals surface area contributed by atoms with Crippen molar-refractivity contribution in [2.75, 3.05) is 7.11 Å². The lowest BCUT2D eigenvalue weighted by molar-refractivity contribution is -0.384. The Bertz CT molecular complexity index is 1020. The van der Waals surface area contributed by atoms with E-state index in [1.165, 1.54) is 38.3 Å². The van der Waals surface area contributed by atoms with Gasteiger partial charge in [0.2, 0.25) is 5.76 Å². The lowest BCUT2D eigenvalue weighted by Gasteiger charge is -2.42. The van der Waals surface area contributed by atoms with E-state index in [1.807, 2.05) is 0 Å². The number of hydrogen-bond acceptors (Lipinski definition) is 9. The topological polar surface area (TPSA) is 162 Å². The van der Waals surface area contributed by atoms with Gasteiger partial charge in [0.1, 0.15) is 18.4 Å². The van der Waals surface area contributed by atoms with Crippen LogP contribution in [0.25, 0.3) is 5.53 Å². The van der Waals surface area contributed by atoms with Gasteiger partial charge in [-0.1, -0.05) is 0 Å². The first-order valence-electron chi connectivity index (χ1n) is 8.39. The number of nitro groups is 1. The molecule has 1 aromatic rings. The number of benzene rings is 1. The third kappa shape index (κ3) is 3.75. The van der Waals surface area contributed by atoms with Crippen LogP contribution >= 0.6 is 11.8 Å². The van der Waals surface area contributed by atoms with E-state index >= 15 is 0 Å². The fraction of sp³-hybridized carbons (Fsp3) is 0.294. The zero-order chi connectivity index (χ0) is 22.0. The zero-order valence-corrected chi connectivity index (χ0v) is 16.5. The summed E-state index contributed by atoms with van der Waals surface area (Å²) in [5, 5.41) is 9.69. The Morgan fingerprint density at radius 3 is 2.60 bits per heavy atom. The number of rotatable bonds is 6. The van der Waals surface area contributed by atoms with Gasteiger partial charge in [0.15, 0.2) is 5.37 Å². The predicted octanol–water partition coefficient (Wildman–Crippen LogP) is 1.61. The molecule has 2 aliphatic heterocycles. The van der Waals surface area contributed by atoms with Crippen molar-refractivity contribution in [1.29, 1.82) is 0 Å². The van der Waals surface area contributed by atoms with Gasteiger partial charge in [-0.15, -0.1) is 0 Å². The molecule has 0 radical (unpaired) electrons. The Balaban J connectivity index is 1.70. The van der Waals surface area contributed by atoms with E-state index in [0.717, 1.165) is 16.7 Å². The van der Waals surface area contributed by atoms with Gasteiger partial charge in [0, 0.05) is 12.1 Å².